The van der Waals surface area contributed by atoms with E-state index in [-0.39, 0.29) is 0 Å². The second-order valence-electron chi connectivity index (χ2n) is 4.05. The number of nitrogens with zero attached hydrogens (tertiary/aromatic N) is 1. The quantitative estimate of drug-likeness (QED) is 0.879. The lowest BCUT2D eigenvalue weighted by Crippen LogP contribution is -2.03. The van der Waals surface area contributed by atoms with Crippen LogP contribution in [0.15, 0.2) is 16.7 Å². The normalized spacial score (nSPS) is 15.7. The van der Waals surface area contributed by atoms with Crippen molar-refractivity contribution in [1.82, 2.24) is 4.98 Å². The first-order valence-electron chi connectivity index (χ1n) is 5.60. The molecule has 0 bridgehead atoms. The predicted octanol–water partition coefficient (Wildman–Crippen LogP) is 2.77. The molecule has 0 atom stereocenters. The van der Waals surface area contributed by atoms with E-state index in [2.05, 4.69) is 27.0 Å². The van der Waals surface area contributed by atoms with Crippen molar-refractivity contribution in [2.45, 2.75) is 32.1 Å². The van der Waals surface area contributed by atoms with Crippen molar-refractivity contribution in [2.75, 3.05) is 12.8 Å². The Labute approximate surface area is 105 Å². The van der Waals surface area contributed by atoms with Crippen molar-refractivity contribution >= 4 is 21.7 Å². The lowest BCUT2D eigenvalue weighted by atomic mass is 9.99. The third kappa shape index (κ3) is 3.76. The lowest BCUT2D eigenvalue weighted by Gasteiger charge is -2.10. The first kappa shape index (κ1) is 13.5. The van der Waals surface area contributed by atoms with Crippen molar-refractivity contribution in [3.8, 4) is 0 Å². The van der Waals surface area contributed by atoms with Gasteiger partial charge in [0.05, 0.1) is 0 Å². The van der Waals surface area contributed by atoms with Gasteiger partial charge in [0.25, 0.3) is 0 Å². The molecule has 0 amide bonds. The zero-order valence-electron chi connectivity index (χ0n) is 9.62. The Morgan fingerprint density at radius 3 is 2.69 bits per heavy atom. The number of aromatic nitrogens is 1. The maximum absolute atomic E-state index is 7.00. The van der Waals surface area contributed by atoms with Gasteiger partial charge in [-0.2, -0.15) is 0 Å². The van der Waals surface area contributed by atoms with Crippen molar-refractivity contribution in [3.63, 3.8) is 0 Å². The molecule has 1 heterocycles. The van der Waals surface area contributed by atoms with Gasteiger partial charge in [0, 0.05) is 17.8 Å². The molecule has 4 heteroatoms. The largest absolute Gasteiger partial charge is 0.400 e. The molecule has 2 rings (SSSR count). The van der Waals surface area contributed by atoms with E-state index < -0.39 is 0 Å². The molecule has 1 aromatic heterocycles. The fraction of sp³-hybridized carbons (Fsp3) is 0.583. The number of nitrogens with two attached hydrogens (primary N) is 1. The topological polar surface area (TPSA) is 59.1 Å². The number of aliphatic hydroxyl groups is 1. The fourth-order valence-corrected chi connectivity index (χ4v) is 2.56. The van der Waals surface area contributed by atoms with Crippen molar-refractivity contribution in [3.05, 3.63) is 22.3 Å². The Hall–Kier alpha value is -0.610. The van der Waals surface area contributed by atoms with Gasteiger partial charge >= 0.3 is 0 Å². The van der Waals surface area contributed by atoms with Crippen LogP contribution in [0.3, 0.4) is 0 Å². The van der Waals surface area contributed by atoms with Crippen LogP contribution in [0.2, 0.25) is 0 Å². The summed E-state index contributed by atoms with van der Waals surface area (Å²) in [4.78, 5) is 4.15. The van der Waals surface area contributed by atoms with E-state index in [1.807, 2.05) is 0 Å². The smallest absolute Gasteiger partial charge is 0.126 e. The molecule has 0 unspecified atom stereocenters. The van der Waals surface area contributed by atoms with Gasteiger partial charge in [0.2, 0.25) is 0 Å². The lowest BCUT2D eigenvalue weighted by molar-refractivity contribution is 0.399. The highest BCUT2D eigenvalue weighted by Gasteiger charge is 2.16. The molecule has 0 saturated heterocycles. The molecule has 16 heavy (non-hydrogen) atoms. The van der Waals surface area contributed by atoms with E-state index in [0.29, 0.717) is 5.82 Å². The molecule has 1 aliphatic carbocycles. The number of hydrogen-bond donors (Lipinski definition) is 2. The van der Waals surface area contributed by atoms with Crippen molar-refractivity contribution in [2.24, 2.45) is 5.92 Å². The summed E-state index contributed by atoms with van der Waals surface area (Å²) in [6, 6.07) is 2.10. The van der Waals surface area contributed by atoms with Crippen LogP contribution in [0.1, 0.15) is 31.2 Å². The number of hydrogen-bond acceptors (Lipinski definition) is 3. The summed E-state index contributed by atoms with van der Waals surface area (Å²) in [5, 5.41) is 7.00. The SMILES string of the molecule is CO.Nc1ncc(Br)cc1CC1CCCC1. The summed E-state index contributed by atoms with van der Waals surface area (Å²) in [7, 11) is 1.00. The standard InChI is InChI=1S/C11H15BrN2.CH4O/c12-10-6-9(11(13)14-7-10)5-8-3-1-2-4-8;1-2/h6-8H,1-5H2,(H2,13,14);2H,1H3. The van der Waals surface area contributed by atoms with E-state index in [1.54, 1.807) is 6.20 Å². The average Bonchev–Trinajstić information content (AvgIpc) is 2.79. The van der Waals surface area contributed by atoms with Crippen LogP contribution in [-0.4, -0.2) is 17.2 Å². The van der Waals surface area contributed by atoms with E-state index >= 15 is 0 Å². The van der Waals surface area contributed by atoms with Crippen LogP contribution in [0.4, 0.5) is 5.82 Å². The van der Waals surface area contributed by atoms with E-state index in [4.69, 9.17) is 10.8 Å². The Morgan fingerprint density at radius 1 is 1.44 bits per heavy atom. The molecule has 90 valence electrons. The minimum atomic E-state index is 0.695. The van der Waals surface area contributed by atoms with Gasteiger partial charge in [0.15, 0.2) is 0 Å². The maximum atomic E-state index is 7.00. The van der Waals surface area contributed by atoms with Crippen LogP contribution in [-0.2, 0) is 6.42 Å². The molecule has 3 N–H and O–H groups in total. The highest BCUT2D eigenvalue weighted by Crippen LogP contribution is 2.29. The number of rotatable bonds is 2. The molecule has 0 aromatic carbocycles. The predicted molar refractivity (Wildman–Crippen MR) is 70.2 cm³/mol. The highest BCUT2D eigenvalue weighted by atomic mass is 79.9. The minimum Gasteiger partial charge on any atom is -0.400 e. The molecule has 1 aromatic rings. The first-order valence-corrected chi connectivity index (χ1v) is 6.39. The Balaban J connectivity index is 0.000000606. The minimum absolute atomic E-state index is 0.695. The zero-order valence-corrected chi connectivity index (χ0v) is 11.2. The fourth-order valence-electron chi connectivity index (χ4n) is 2.18. The summed E-state index contributed by atoms with van der Waals surface area (Å²) in [6.07, 6.45) is 8.32. The van der Waals surface area contributed by atoms with Crippen LogP contribution >= 0.6 is 15.9 Å². The number of nitrogen functional groups attached to an aromatic ring is 1. The van der Waals surface area contributed by atoms with E-state index in [1.165, 1.54) is 31.2 Å². The molecule has 0 spiro atoms. The molecule has 1 fully saturated rings. The molecule has 1 aliphatic rings. The number of pyridine rings is 1. The zero-order chi connectivity index (χ0) is 12.0. The third-order valence-corrected chi connectivity index (χ3v) is 3.39. The molecule has 0 radical (unpaired) electrons. The summed E-state index contributed by atoms with van der Waals surface area (Å²) in [5.74, 6) is 1.52. The molecule has 0 aliphatic heterocycles. The van der Waals surface area contributed by atoms with Gasteiger partial charge in [-0.05, 0) is 39.9 Å². The third-order valence-electron chi connectivity index (χ3n) is 2.95. The summed E-state index contributed by atoms with van der Waals surface area (Å²) < 4.78 is 1.03. The van der Waals surface area contributed by atoms with Gasteiger partial charge in [-0.3, -0.25) is 0 Å². The summed E-state index contributed by atoms with van der Waals surface area (Å²) in [5.41, 5.74) is 7.04. The number of halogens is 1. The van der Waals surface area contributed by atoms with E-state index in [0.717, 1.165) is 23.9 Å². The van der Waals surface area contributed by atoms with Gasteiger partial charge in [0.1, 0.15) is 5.82 Å². The van der Waals surface area contributed by atoms with Crippen molar-refractivity contribution in [1.29, 1.82) is 0 Å². The maximum Gasteiger partial charge on any atom is 0.126 e. The monoisotopic (exact) mass is 286 g/mol. The first-order chi connectivity index (χ1) is 7.75. The van der Waals surface area contributed by atoms with Gasteiger partial charge in [-0.1, -0.05) is 25.7 Å². The van der Waals surface area contributed by atoms with E-state index in [9.17, 15) is 0 Å². The molecular formula is C12H19BrN2O. The second kappa shape index (κ2) is 6.86. The summed E-state index contributed by atoms with van der Waals surface area (Å²) in [6.45, 7) is 0. The van der Waals surface area contributed by atoms with Gasteiger partial charge in [-0.25, -0.2) is 4.98 Å². The van der Waals surface area contributed by atoms with Crippen LogP contribution in [0.25, 0.3) is 0 Å². The molecule has 3 nitrogen and oxygen atoms in total. The average molecular weight is 287 g/mol. The molecule has 1 saturated carbocycles. The Morgan fingerprint density at radius 2 is 2.06 bits per heavy atom. The second-order valence-corrected chi connectivity index (χ2v) is 4.97. The van der Waals surface area contributed by atoms with Crippen molar-refractivity contribution < 1.29 is 5.11 Å². The Kier molecular flexibility index (Phi) is 5.77. The van der Waals surface area contributed by atoms with Crippen LogP contribution in [0, 0.1) is 5.92 Å². The highest BCUT2D eigenvalue weighted by molar-refractivity contribution is 9.10. The van der Waals surface area contributed by atoms with Crippen LogP contribution in [0.5, 0.6) is 0 Å². The number of anilines is 1. The number of aliphatic hydroxyl groups excluding tert-OH is 1. The van der Waals surface area contributed by atoms with Crippen LogP contribution < -0.4 is 5.73 Å². The molecular weight excluding hydrogens is 268 g/mol. The van der Waals surface area contributed by atoms with Gasteiger partial charge in [-0.15, -0.1) is 0 Å². The van der Waals surface area contributed by atoms with Gasteiger partial charge < -0.3 is 10.8 Å². The Bertz CT molecular complexity index is 325. The summed E-state index contributed by atoms with van der Waals surface area (Å²) >= 11 is 3.43.